The number of halogens is 1. The van der Waals surface area contributed by atoms with Crippen molar-refractivity contribution >= 4 is 29.9 Å². The third-order valence-corrected chi connectivity index (χ3v) is 6.21. The van der Waals surface area contributed by atoms with E-state index in [1.54, 1.807) is 0 Å². The molecule has 2 saturated heterocycles. The van der Waals surface area contributed by atoms with Gasteiger partial charge in [-0.1, -0.05) is 30.3 Å². The summed E-state index contributed by atoms with van der Waals surface area (Å²) in [5.41, 5.74) is 1.48. The Hall–Kier alpha value is -0.940. The summed E-state index contributed by atoms with van der Waals surface area (Å²) in [5, 5.41) is 6.99. The first kappa shape index (κ1) is 26.3. The van der Waals surface area contributed by atoms with Gasteiger partial charge >= 0.3 is 0 Å². The van der Waals surface area contributed by atoms with Crippen LogP contribution in [-0.4, -0.2) is 105 Å². The van der Waals surface area contributed by atoms with Gasteiger partial charge in [0.25, 0.3) is 0 Å². The quantitative estimate of drug-likeness (QED) is 0.295. The number of hydrogen-bond acceptors (Lipinski definition) is 5. The number of aliphatic imine (C=N–C) groups is 1. The number of guanidine groups is 1. The van der Waals surface area contributed by atoms with Gasteiger partial charge in [0.1, 0.15) is 0 Å². The standard InChI is InChI=1S/C23H40N6O.HI/c1-23(2,29-15-17-30-18-16-29)20-26-22(24-3)25-9-10-27-11-13-28(14-12-27)19-21-7-5-4-6-8-21;/h4-8H,9-20H2,1-3H3,(H2,24,25,26);1H. The molecule has 0 atom stereocenters. The molecule has 3 rings (SSSR count). The van der Waals surface area contributed by atoms with Crippen molar-refractivity contribution < 1.29 is 4.74 Å². The Labute approximate surface area is 205 Å². The second-order valence-corrected chi connectivity index (χ2v) is 8.87. The molecule has 2 fully saturated rings. The number of benzene rings is 1. The molecule has 0 saturated carbocycles. The molecule has 0 unspecified atom stereocenters. The largest absolute Gasteiger partial charge is 0.379 e. The van der Waals surface area contributed by atoms with Crippen molar-refractivity contribution in [3.63, 3.8) is 0 Å². The molecule has 2 N–H and O–H groups in total. The van der Waals surface area contributed by atoms with Gasteiger partial charge in [0.15, 0.2) is 5.96 Å². The maximum Gasteiger partial charge on any atom is 0.191 e. The molecule has 0 aromatic heterocycles. The van der Waals surface area contributed by atoms with Crippen LogP contribution in [0, 0.1) is 0 Å². The van der Waals surface area contributed by atoms with Gasteiger partial charge in [-0.3, -0.25) is 19.7 Å². The minimum absolute atomic E-state index is 0. The Bertz CT molecular complexity index is 643. The molecule has 0 spiro atoms. The number of ether oxygens (including phenoxy) is 1. The van der Waals surface area contributed by atoms with Crippen molar-refractivity contribution in [1.82, 2.24) is 25.3 Å². The van der Waals surface area contributed by atoms with E-state index in [4.69, 9.17) is 4.74 Å². The van der Waals surface area contributed by atoms with Gasteiger partial charge in [0.05, 0.1) is 13.2 Å². The summed E-state index contributed by atoms with van der Waals surface area (Å²) in [5.74, 6) is 0.888. The summed E-state index contributed by atoms with van der Waals surface area (Å²) in [4.78, 5) is 12.0. The summed E-state index contributed by atoms with van der Waals surface area (Å²) in [7, 11) is 1.85. The highest BCUT2D eigenvalue weighted by atomic mass is 127. The fourth-order valence-corrected chi connectivity index (χ4v) is 4.15. The van der Waals surface area contributed by atoms with Crippen molar-refractivity contribution in [2.45, 2.75) is 25.9 Å². The van der Waals surface area contributed by atoms with Gasteiger partial charge in [-0.15, -0.1) is 24.0 Å². The molecule has 2 aliphatic rings. The Kier molecular flexibility index (Phi) is 11.5. The Balaban J connectivity index is 0.00000341. The van der Waals surface area contributed by atoms with Crippen LogP contribution in [0.1, 0.15) is 19.4 Å². The lowest BCUT2D eigenvalue weighted by atomic mass is 10.0. The van der Waals surface area contributed by atoms with Crippen molar-refractivity contribution in [3.05, 3.63) is 35.9 Å². The van der Waals surface area contributed by atoms with Crippen molar-refractivity contribution in [3.8, 4) is 0 Å². The highest BCUT2D eigenvalue weighted by Crippen LogP contribution is 2.15. The first-order chi connectivity index (χ1) is 14.6. The van der Waals surface area contributed by atoms with E-state index in [1.165, 1.54) is 5.56 Å². The number of nitrogens with zero attached hydrogens (tertiary/aromatic N) is 4. The second-order valence-electron chi connectivity index (χ2n) is 8.87. The molecule has 0 amide bonds. The van der Waals surface area contributed by atoms with Gasteiger partial charge < -0.3 is 15.4 Å². The average molecular weight is 545 g/mol. The molecule has 0 radical (unpaired) electrons. The number of hydrogen-bond donors (Lipinski definition) is 2. The molecule has 7 nitrogen and oxygen atoms in total. The first-order valence-corrected chi connectivity index (χ1v) is 11.3. The zero-order valence-corrected chi connectivity index (χ0v) is 21.8. The number of rotatable bonds is 8. The first-order valence-electron chi connectivity index (χ1n) is 11.3. The van der Waals surface area contributed by atoms with Gasteiger partial charge in [-0.05, 0) is 19.4 Å². The van der Waals surface area contributed by atoms with E-state index in [0.717, 1.165) is 84.6 Å². The lowest BCUT2D eigenvalue weighted by Gasteiger charge is -2.41. The number of piperazine rings is 1. The minimum atomic E-state index is 0. The molecule has 31 heavy (non-hydrogen) atoms. The maximum absolute atomic E-state index is 5.48. The van der Waals surface area contributed by atoms with Crippen LogP contribution in [0.5, 0.6) is 0 Å². The number of nitrogens with one attached hydrogen (secondary N) is 2. The summed E-state index contributed by atoms with van der Waals surface area (Å²) in [6.45, 7) is 16.6. The highest BCUT2D eigenvalue weighted by Gasteiger charge is 2.28. The van der Waals surface area contributed by atoms with Crippen LogP contribution < -0.4 is 10.6 Å². The van der Waals surface area contributed by atoms with E-state index in [2.05, 4.69) is 74.5 Å². The molecule has 1 aromatic rings. The van der Waals surface area contributed by atoms with Gasteiger partial charge in [0, 0.05) is 78.0 Å². The molecule has 2 aliphatic heterocycles. The maximum atomic E-state index is 5.48. The summed E-state index contributed by atoms with van der Waals surface area (Å²) < 4.78 is 5.48. The fraction of sp³-hybridized carbons (Fsp3) is 0.696. The normalized spacial score (nSPS) is 19.6. The van der Waals surface area contributed by atoms with E-state index in [0.29, 0.717) is 0 Å². The number of morpholine rings is 1. The minimum Gasteiger partial charge on any atom is -0.379 e. The smallest absolute Gasteiger partial charge is 0.191 e. The van der Waals surface area contributed by atoms with E-state index < -0.39 is 0 Å². The Morgan fingerprint density at radius 3 is 2.26 bits per heavy atom. The zero-order chi connectivity index (χ0) is 21.2. The van der Waals surface area contributed by atoms with E-state index in [9.17, 15) is 0 Å². The van der Waals surface area contributed by atoms with Gasteiger partial charge in [-0.2, -0.15) is 0 Å². The SMILES string of the molecule is CN=C(NCCN1CCN(Cc2ccccc2)CC1)NCC(C)(C)N1CCOCC1.I. The summed E-state index contributed by atoms with van der Waals surface area (Å²) in [6, 6.07) is 10.8. The molecular weight excluding hydrogens is 503 g/mol. The van der Waals surface area contributed by atoms with Gasteiger partial charge in [-0.25, -0.2) is 0 Å². The van der Waals surface area contributed by atoms with Crippen molar-refractivity contribution in [2.75, 3.05) is 79.2 Å². The molecule has 2 heterocycles. The predicted octanol–water partition coefficient (Wildman–Crippen LogP) is 1.70. The van der Waals surface area contributed by atoms with E-state index in [-0.39, 0.29) is 29.5 Å². The third kappa shape index (κ3) is 8.84. The topological polar surface area (TPSA) is 55.4 Å². The van der Waals surface area contributed by atoms with Crippen LogP contribution in [0.25, 0.3) is 0 Å². The molecule has 0 aliphatic carbocycles. The third-order valence-electron chi connectivity index (χ3n) is 6.21. The second kappa shape index (κ2) is 13.6. The molecular formula is C23H41IN6O. The van der Waals surface area contributed by atoms with Crippen LogP contribution >= 0.6 is 24.0 Å². The van der Waals surface area contributed by atoms with Crippen molar-refractivity contribution in [1.29, 1.82) is 0 Å². The zero-order valence-electron chi connectivity index (χ0n) is 19.5. The van der Waals surface area contributed by atoms with E-state index >= 15 is 0 Å². The van der Waals surface area contributed by atoms with Crippen LogP contribution in [-0.2, 0) is 11.3 Å². The van der Waals surface area contributed by atoms with E-state index in [1.807, 2.05) is 7.05 Å². The van der Waals surface area contributed by atoms with Crippen LogP contribution in [0.4, 0.5) is 0 Å². The predicted molar refractivity (Wildman–Crippen MR) is 139 cm³/mol. The molecule has 8 heteroatoms. The van der Waals surface area contributed by atoms with Gasteiger partial charge in [0.2, 0.25) is 0 Å². The monoisotopic (exact) mass is 544 g/mol. The van der Waals surface area contributed by atoms with Crippen molar-refractivity contribution in [2.24, 2.45) is 4.99 Å². The Morgan fingerprint density at radius 1 is 0.968 bits per heavy atom. The lowest BCUT2D eigenvalue weighted by molar-refractivity contribution is -0.00834. The lowest BCUT2D eigenvalue weighted by Crippen LogP contribution is -2.56. The summed E-state index contributed by atoms with van der Waals surface area (Å²) >= 11 is 0. The van der Waals surface area contributed by atoms with Crippen LogP contribution in [0.3, 0.4) is 0 Å². The fourth-order valence-electron chi connectivity index (χ4n) is 4.15. The highest BCUT2D eigenvalue weighted by molar-refractivity contribution is 14.0. The van der Waals surface area contributed by atoms with Crippen LogP contribution in [0.15, 0.2) is 35.3 Å². The molecule has 176 valence electrons. The molecule has 1 aromatic carbocycles. The van der Waals surface area contributed by atoms with Crippen LogP contribution in [0.2, 0.25) is 0 Å². The Morgan fingerprint density at radius 2 is 1.61 bits per heavy atom. The summed E-state index contributed by atoms with van der Waals surface area (Å²) in [6.07, 6.45) is 0. The molecule has 0 bridgehead atoms. The average Bonchev–Trinajstić information content (AvgIpc) is 2.78.